The molecule has 0 aromatic rings. The minimum atomic E-state index is -1.38. The van der Waals surface area contributed by atoms with Gasteiger partial charge in [0, 0.05) is 53.4 Å². The molecule has 44 heavy (non-hydrogen) atoms. The van der Waals surface area contributed by atoms with E-state index in [1.165, 1.54) is 32.6 Å². The molecule has 4 unspecified atom stereocenters. The van der Waals surface area contributed by atoms with E-state index in [-0.39, 0.29) is 44.2 Å². The fourth-order valence-electron chi connectivity index (χ4n) is 4.11. The Morgan fingerprint density at radius 1 is 0.909 bits per heavy atom. The predicted molar refractivity (Wildman–Crippen MR) is 183 cm³/mol. The molecule has 14 nitrogen and oxygen atoms in total. The van der Waals surface area contributed by atoms with Crippen molar-refractivity contribution in [3.8, 4) is 0 Å². The van der Waals surface area contributed by atoms with E-state index in [4.69, 9.17) is 18.9 Å². The molecule has 1 aliphatic carbocycles. The topological polar surface area (TPSA) is 184 Å². The van der Waals surface area contributed by atoms with Crippen LogP contribution in [0, 0.1) is 0 Å². The Morgan fingerprint density at radius 3 is 1.84 bits per heavy atom. The number of carbonyl (C=O) groups is 7. The predicted octanol–water partition coefficient (Wildman–Crippen LogP) is 2.12. The number of amides is 3. The molecule has 1 aliphatic heterocycles. The van der Waals surface area contributed by atoms with E-state index in [1.54, 1.807) is 0 Å². The zero-order valence-corrected chi connectivity index (χ0v) is 32.2. The van der Waals surface area contributed by atoms with Crippen molar-refractivity contribution in [3.63, 3.8) is 0 Å². The summed E-state index contributed by atoms with van der Waals surface area (Å²) in [6.07, 6.45) is -1.50. The van der Waals surface area contributed by atoms with Gasteiger partial charge in [-0.2, -0.15) is 0 Å². The number of carbonyl (C=O) groups excluding carboxylic acids is 7. The highest BCUT2D eigenvalue weighted by Crippen LogP contribution is 2.50. The van der Waals surface area contributed by atoms with E-state index in [9.17, 15) is 33.6 Å². The first-order valence-electron chi connectivity index (χ1n) is 13.1. The van der Waals surface area contributed by atoms with Crippen LogP contribution in [0.4, 0.5) is 0 Å². The molecule has 3 amide bonds. The number of alkyl halides is 2. The number of halogens is 4. The van der Waals surface area contributed by atoms with Crippen molar-refractivity contribution in [1.29, 1.82) is 0 Å². The molecule has 0 bridgehead atoms. The minimum Gasteiger partial charge on any atom is -0.462 e. The van der Waals surface area contributed by atoms with E-state index in [2.05, 4.69) is 26.6 Å². The number of rotatable bonds is 13. The summed E-state index contributed by atoms with van der Waals surface area (Å²) in [6, 6.07) is 0. The van der Waals surface area contributed by atoms with Crippen molar-refractivity contribution in [3.05, 3.63) is 18.4 Å². The third kappa shape index (κ3) is 10.8. The molecule has 0 aromatic carbocycles. The number of ether oxygens (including phenoxy) is 4. The van der Waals surface area contributed by atoms with Crippen LogP contribution in [-0.2, 0) is 52.5 Å². The van der Waals surface area contributed by atoms with Gasteiger partial charge in [0.25, 0.3) is 0 Å². The number of nitrogens with zero attached hydrogens (tertiary/aromatic N) is 1. The standard InChI is InChI=1S/C26H31BrI3N3O11/c1-12(34)41-10-16(43-14(3)36)8-31-23(38)18-7-26(30,22(29)21(20(18)28)33-6-5-19(27)24(33)39)25(40)32-9-17(44-15(4)37)11-42-13(2)35/h16-17,19H,5-11H2,1-4H3,(H,31,38)(H,32,40). The zero-order valence-electron chi connectivity index (χ0n) is 24.1. The van der Waals surface area contributed by atoms with Crippen molar-refractivity contribution in [2.75, 3.05) is 32.8 Å². The van der Waals surface area contributed by atoms with E-state index < -0.39 is 56.1 Å². The van der Waals surface area contributed by atoms with Gasteiger partial charge in [0.15, 0.2) is 12.2 Å². The lowest BCUT2D eigenvalue weighted by Gasteiger charge is -2.36. The average molecular weight is 1020 g/mol. The molecular formula is C26H31BrI3N3O11. The number of likely N-dealkylation sites (tertiary alicyclic amines) is 1. The third-order valence-electron chi connectivity index (χ3n) is 6.08. The molecule has 0 spiro atoms. The number of allylic oxidation sites excluding steroid dienone is 1. The normalized spacial score (nSPS) is 21.3. The molecule has 0 radical (unpaired) electrons. The number of hydrogen-bond acceptors (Lipinski definition) is 11. The van der Waals surface area contributed by atoms with Gasteiger partial charge in [0.05, 0.1) is 23.6 Å². The molecule has 2 N–H and O–H groups in total. The fourth-order valence-corrected chi connectivity index (χ4v) is 7.90. The Bertz CT molecular complexity index is 1270. The van der Waals surface area contributed by atoms with E-state index in [0.717, 1.165) is 0 Å². The van der Waals surface area contributed by atoms with Crippen molar-refractivity contribution < 1.29 is 52.5 Å². The summed E-state index contributed by atoms with van der Waals surface area (Å²) in [5.41, 5.74) is 0.605. The summed E-state index contributed by atoms with van der Waals surface area (Å²) < 4.78 is 19.8. The van der Waals surface area contributed by atoms with Gasteiger partial charge in [-0.3, -0.25) is 33.6 Å². The Labute approximate surface area is 303 Å². The van der Waals surface area contributed by atoms with Crippen molar-refractivity contribution in [2.45, 2.75) is 61.0 Å². The monoisotopic (exact) mass is 1020 g/mol. The van der Waals surface area contributed by atoms with Crippen LogP contribution in [-0.4, -0.2) is 99.8 Å². The summed E-state index contributed by atoms with van der Waals surface area (Å²) >= 11 is 9.28. The van der Waals surface area contributed by atoms with Gasteiger partial charge in [-0.15, -0.1) is 0 Å². The lowest BCUT2D eigenvalue weighted by Crippen LogP contribution is -2.50. The molecule has 0 aromatic heterocycles. The van der Waals surface area contributed by atoms with Gasteiger partial charge < -0.3 is 34.5 Å². The molecular weight excluding hydrogens is 991 g/mol. The highest BCUT2D eigenvalue weighted by atomic mass is 127. The van der Waals surface area contributed by atoms with Gasteiger partial charge in [-0.1, -0.05) is 38.5 Å². The lowest BCUT2D eigenvalue weighted by molar-refractivity contribution is -0.156. The second kappa shape index (κ2) is 17.4. The SMILES string of the molecule is CC(=O)OCC(CNC(=O)C1=C(I)C(N2CCC(Br)C2=O)=C(I)C(I)(C(=O)NCC(COC(C)=O)OC(C)=O)C1)OC(C)=O. The largest absolute Gasteiger partial charge is 0.462 e. The van der Waals surface area contributed by atoms with Crippen LogP contribution in [0.1, 0.15) is 40.5 Å². The number of nitrogens with one attached hydrogen (secondary N) is 2. The first-order valence-corrected chi connectivity index (χ1v) is 17.2. The average Bonchev–Trinajstić information content (AvgIpc) is 3.25. The van der Waals surface area contributed by atoms with Gasteiger partial charge in [0.1, 0.15) is 16.6 Å². The highest BCUT2D eigenvalue weighted by molar-refractivity contribution is 14.1. The van der Waals surface area contributed by atoms with Gasteiger partial charge in [-0.25, -0.2) is 0 Å². The van der Waals surface area contributed by atoms with Crippen molar-refractivity contribution >= 4 is 125 Å². The number of esters is 4. The third-order valence-corrected chi connectivity index (χ3v) is 12.0. The summed E-state index contributed by atoms with van der Waals surface area (Å²) in [5, 5.41) is 5.41. The maximum Gasteiger partial charge on any atom is 0.303 e. The van der Waals surface area contributed by atoms with Crippen LogP contribution in [0.2, 0.25) is 0 Å². The molecule has 1 heterocycles. The smallest absolute Gasteiger partial charge is 0.303 e. The molecule has 244 valence electrons. The summed E-state index contributed by atoms with van der Waals surface area (Å²) in [7, 11) is 0. The number of hydrogen-bond donors (Lipinski definition) is 2. The Kier molecular flexibility index (Phi) is 15.3. The fraction of sp³-hybridized carbons (Fsp3) is 0.577. The lowest BCUT2D eigenvalue weighted by atomic mass is 9.90. The quantitative estimate of drug-likeness (QED) is 0.119. The van der Waals surface area contributed by atoms with Crippen LogP contribution < -0.4 is 10.6 Å². The van der Waals surface area contributed by atoms with Crippen molar-refractivity contribution in [1.82, 2.24) is 15.5 Å². The second-order valence-electron chi connectivity index (χ2n) is 9.67. The Hall–Kier alpha value is -1.56. The second-order valence-corrected chi connectivity index (χ2v) is 14.8. The van der Waals surface area contributed by atoms with E-state index >= 15 is 0 Å². The maximum atomic E-state index is 13.8. The first kappa shape index (κ1) is 38.6. The summed E-state index contributed by atoms with van der Waals surface area (Å²) in [6.45, 7) is 4.16. The highest BCUT2D eigenvalue weighted by Gasteiger charge is 2.49. The first-order chi connectivity index (χ1) is 20.5. The zero-order chi connectivity index (χ0) is 33.4. The molecule has 18 heteroatoms. The van der Waals surface area contributed by atoms with Gasteiger partial charge in [-0.05, 0) is 51.6 Å². The summed E-state index contributed by atoms with van der Waals surface area (Å²) in [5.74, 6) is -3.80. The molecule has 2 aliphatic rings. The van der Waals surface area contributed by atoms with Crippen LogP contribution in [0.3, 0.4) is 0 Å². The molecule has 1 saturated heterocycles. The van der Waals surface area contributed by atoms with Crippen LogP contribution in [0.25, 0.3) is 0 Å². The molecule has 4 atom stereocenters. The van der Waals surface area contributed by atoms with Crippen LogP contribution >= 0.6 is 83.7 Å². The Balaban J connectivity index is 2.41. The van der Waals surface area contributed by atoms with Gasteiger partial charge in [0.2, 0.25) is 17.7 Å². The minimum absolute atomic E-state index is 0.0879. The molecule has 2 rings (SSSR count). The van der Waals surface area contributed by atoms with Crippen molar-refractivity contribution in [2.24, 2.45) is 0 Å². The summed E-state index contributed by atoms with van der Waals surface area (Å²) in [4.78, 5) is 87.2. The van der Waals surface area contributed by atoms with Crippen LogP contribution in [0.15, 0.2) is 18.4 Å². The molecule has 0 saturated carbocycles. The maximum absolute atomic E-state index is 13.8. The van der Waals surface area contributed by atoms with E-state index in [1.807, 2.05) is 67.8 Å². The van der Waals surface area contributed by atoms with Crippen LogP contribution in [0.5, 0.6) is 0 Å². The Morgan fingerprint density at radius 2 is 1.41 bits per heavy atom. The molecule has 1 fully saturated rings. The van der Waals surface area contributed by atoms with E-state index in [0.29, 0.717) is 25.8 Å². The van der Waals surface area contributed by atoms with Gasteiger partial charge >= 0.3 is 23.9 Å².